The Morgan fingerprint density at radius 1 is 1.17 bits per heavy atom. The first-order chi connectivity index (χ1) is 11.4. The number of hydrogen-bond acceptors (Lipinski definition) is 4. The molecule has 0 radical (unpaired) electrons. The van der Waals surface area contributed by atoms with Crippen molar-refractivity contribution in [2.45, 2.75) is 31.6 Å². The van der Waals surface area contributed by atoms with E-state index in [-0.39, 0.29) is 0 Å². The van der Waals surface area contributed by atoms with Gasteiger partial charge in [0.25, 0.3) is 0 Å². The summed E-state index contributed by atoms with van der Waals surface area (Å²) in [6.07, 6.45) is 4.65. The van der Waals surface area contributed by atoms with Crippen LogP contribution in [0.25, 0.3) is 0 Å². The molecule has 0 spiro atoms. The van der Waals surface area contributed by atoms with Crippen LogP contribution in [-0.2, 0) is 10.0 Å². The first-order valence-corrected chi connectivity index (χ1v) is 9.83. The maximum absolute atomic E-state index is 11.4. The highest BCUT2D eigenvalue weighted by atomic mass is 32.2. The SMILES string of the molecule is COc1ncc(NS(C)(=O)=O)cc1C1CC(c2ccc(C)cc2)C1. The largest absolute Gasteiger partial charge is 0.481 e. The summed E-state index contributed by atoms with van der Waals surface area (Å²) in [5.74, 6) is 1.44. The Balaban J connectivity index is 1.77. The van der Waals surface area contributed by atoms with Crippen LogP contribution in [0.2, 0.25) is 0 Å². The van der Waals surface area contributed by atoms with Crippen LogP contribution in [0.3, 0.4) is 0 Å². The normalized spacial score (nSPS) is 20.3. The maximum atomic E-state index is 11.4. The molecule has 1 fully saturated rings. The summed E-state index contributed by atoms with van der Waals surface area (Å²) in [7, 11) is -1.73. The van der Waals surface area contributed by atoms with Gasteiger partial charge in [-0.1, -0.05) is 29.8 Å². The molecule has 2 aromatic rings. The number of nitrogens with zero attached hydrogens (tertiary/aromatic N) is 1. The van der Waals surface area contributed by atoms with Gasteiger partial charge in [-0.2, -0.15) is 0 Å². The predicted octanol–water partition coefficient (Wildman–Crippen LogP) is 3.43. The Labute approximate surface area is 143 Å². The van der Waals surface area contributed by atoms with Gasteiger partial charge >= 0.3 is 0 Å². The van der Waals surface area contributed by atoms with Crippen LogP contribution in [0, 0.1) is 6.92 Å². The van der Waals surface area contributed by atoms with Gasteiger partial charge in [0.05, 0.1) is 25.2 Å². The van der Waals surface area contributed by atoms with Crippen molar-refractivity contribution in [3.63, 3.8) is 0 Å². The van der Waals surface area contributed by atoms with Gasteiger partial charge < -0.3 is 4.74 Å². The number of rotatable bonds is 5. The summed E-state index contributed by atoms with van der Waals surface area (Å²) in [4.78, 5) is 4.24. The van der Waals surface area contributed by atoms with E-state index in [2.05, 4.69) is 40.9 Å². The first kappa shape index (κ1) is 16.8. The number of nitrogens with one attached hydrogen (secondary N) is 1. The number of aryl methyl sites for hydroxylation is 1. The van der Waals surface area contributed by atoms with Gasteiger partial charge in [0.15, 0.2) is 0 Å². The lowest BCUT2D eigenvalue weighted by atomic mass is 9.68. The van der Waals surface area contributed by atoms with Gasteiger partial charge in [0.1, 0.15) is 0 Å². The van der Waals surface area contributed by atoms with Crippen molar-refractivity contribution in [1.29, 1.82) is 0 Å². The van der Waals surface area contributed by atoms with Gasteiger partial charge in [0, 0.05) is 5.56 Å². The fourth-order valence-electron chi connectivity index (χ4n) is 3.18. The van der Waals surface area contributed by atoms with E-state index in [4.69, 9.17) is 4.74 Å². The molecular weight excluding hydrogens is 324 g/mol. The van der Waals surface area contributed by atoms with E-state index in [1.54, 1.807) is 7.11 Å². The zero-order valence-corrected chi connectivity index (χ0v) is 14.9. The summed E-state index contributed by atoms with van der Waals surface area (Å²) in [5.41, 5.74) is 4.07. The summed E-state index contributed by atoms with van der Waals surface area (Å²) in [6, 6.07) is 10.5. The van der Waals surface area contributed by atoms with E-state index in [0.717, 1.165) is 24.7 Å². The minimum Gasteiger partial charge on any atom is -0.481 e. The first-order valence-electron chi connectivity index (χ1n) is 7.94. The third-order valence-corrected chi connectivity index (χ3v) is 5.11. The molecule has 0 atom stereocenters. The Bertz CT molecular complexity index is 826. The standard InChI is InChI=1S/C18H22N2O3S/c1-12-4-6-13(7-5-12)14-8-15(9-14)17-10-16(20-24(3,21)22)11-19-18(17)23-2/h4-7,10-11,14-15,20H,8-9H2,1-3H3. The molecule has 1 saturated carbocycles. The zero-order valence-electron chi connectivity index (χ0n) is 14.1. The van der Waals surface area contributed by atoms with Gasteiger partial charge in [0.2, 0.25) is 15.9 Å². The quantitative estimate of drug-likeness (QED) is 0.900. The van der Waals surface area contributed by atoms with Crippen molar-refractivity contribution in [3.8, 4) is 5.88 Å². The number of aromatic nitrogens is 1. The average Bonchev–Trinajstić information content (AvgIpc) is 2.46. The molecule has 1 aromatic carbocycles. The van der Waals surface area contributed by atoms with Crippen molar-refractivity contribution < 1.29 is 13.2 Å². The van der Waals surface area contributed by atoms with Gasteiger partial charge in [-0.15, -0.1) is 0 Å². The molecule has 0 amide bonds. The van der Waals surface area contributed by atoms with Crippen LogP contribution in [0.15, 0.2) is 36.5 Å². The Morgan fingerprint density at radius 2 is 1.83 bits per heavy atom. The molecule has 1 aliphatic carbocycles. The van der Waals surface area contributed by atoms with Gasteiger partial charge in [-0.3, -0.25) is 4.72 Å². The minimum absolute atomic E-state index is 0.333. The molecule has 1 aliphatic rings. The maximum Gasteiger partial charge on any atom is 0.229 e. The summed E-state index contributed by atoms with van der Waals surface area (Å²) >= 11 is 0. The molecule has 0 bridgehead atoms. The minimum atomic E-state index is -3.32. The molecule has 0 unspecified atom stereocenters. The Hall–Kier alpha value is -2.08. The number of benzene rings is 1. The highest BCUT2D eigenvalue weighted by Crippen LogP contribution is 2.49. The lowest BCUT2D eigenvalue weighted by Crippen LogP contribution is -2.21. The van der Waals surface area contributed by atoms with Crippen molar-refractivity contribution >= 4 is 15.7 Å². The van der Waals surface area contributed by atoms with Crippen LogP contribution >= 0.6 is 0 Å². The third-order valence-electron chi connectivity index (χ3n) is 4.50. The number of methoxy groups -OCH3 is 1. The molecule has 1 N–H and O–H groups in total. The number of sulfonamides is 1. The summed E-state index contributed by atoms with van der Waals surface area (Å²) < 4.78 is 30.7. The van der Waals surface area contributed by atoms with Crippen LogP contribution in [0.4, 0.5) is 5.69 Å². The number of pyridine rings is 1. The average molecular weight is 346 g/mol. The van der Waals surface area contributed by atoms with Crippen LogP contribution in [0.5, 0.6) is 5.88 Å². The second-order valence-electron chi connectivity index (χ2n) is 6.47. The topological polar surface area (TPSA) is 68.3 Å². The molecule has 5 nitrogen and oxygen atoms in total. The van der Waals surface area contributed by atoms with E-state index in [0.29, 0.717) is 23.4 Å². The number of anilines is 1. The van der Waals surface area contributed by atoms with Crippen molar-refractivity contribution in [2.24, 2.45) is 0 Å². The summed E-state index contributed by atoms with van der Waals surface area (Å²) in [5, 5.41) is 0. The van der Waals surface area contributed by atoms with Crippen molar-refractivity contribution in [2.75, 3.05) is 18.1 Å². The lowest BCUT2D eigenvalue weighted by molar-refractivity contribution is 0.328. The molecule has 128 valence electrons. The molecule has 0 saturated heterocycles. The van der Waals surface area contributed by atoms with Gasteiger partial charge in [-0.25, -0.2) is 13.4 Å². The highest BCUT2D eigenvalue weighted by molar-refractivity contribution is 7.92. The Kier molecular flexibility index (Phi) is 4.49. The molecule has 3 rings (SSSR count). The number of ether oxygens (including phenoxy) is 1. The predicted molar refractivity (Wildman–Crippen MR) is 95.2 cm³/mol. The molecule has 1 heterocycles. The summed E-state index contributed by atoms with van der Waals surface area (Å²) in [6.45, 7) is 2.09. The smallest absolute Gasteiger partial charge is 0.229 e. The molecule has 0 aliphatic heterocycles. The molecular formula is C18H22N2O3S. The lowest BCUT2D eigenvalue weighted by Gasteiger charge is -2.36. The molecule has 6 heteroatoms. The van der Waals surface area contributed by atoms with E-state index < -0.39 is 10.0 Å². The van der Waals surface area contributed by atoms with E-state index in [1.165, 1.54) is 17.3 Å². The van der Waals surface area contributed by atoms with E-state index in [9.17, 15) is 8.42 Å². The Morgan fingerprint density at radius 3 is 2.42 bits per heavy atom. The zero-order chi connectivity index (χ0) is 17.3. The van der Waals surface area contributed by atoms with Crippen molar-refractivity contribution in [1.82, 2.24) is 4.98 Å². The number of hydrogen-bond donors (Lipinski definition) is 1. The second-order valence-corrected chi connectivity index (χ2v) is 8.22. The van der Waals surface area contributed by atoms with Crippen LogP contribution in [-0.4, -0.2) is 26.8 Å². The highest BCUT2D eigenvalue weighted by Gasteiger charge is 2.33. The molecule has 1 aromatic heterocycles. The molecule has 24 heavy (non-hydrogen) atoms. The van der Waals surface area contributed by atoms with E-state index in [1.807, 2.05) is 6.07 Å². The van der Waals surface area contributed by atoms with E-state index >= 15 is 0 Å². The van der Waals surface area contributed by atoms with Crippen LogP contribution in [0.1, 0.15) is 41.4 Å². The second kappa shape index (κ2) is 6.43. The fraction of sp³-hybridized carbons (Fsp3) is 0.389. The van der Waals surface area contributed by atoms with Gasteiger partial charge in [-0.05, 0) is 43.2 Å². The fourth-order valence-corrected chi connectivity index (χ4v) is 3.72. The third kappa shape index (κ3) is 3.70. The van der Waals surface area contributed by atoms with Crippen LogP contribution < -0.4 is 9.46 Å². The monoisotopic (exact) mass is 346 g/mol. The van der Waals surface area contributed by atoms with Crippen molar-refractivity contribution in [3.05, 3.63) is 53.2 Å².